The molecule has 2 aromatic rings. The molecule has 32 heavy (non-hydrogen) atoms. The van der Waals surface area contributed by atoms with Crippen molar-refractivity contribution < 1.29 is 17.9 Å². The number of ether oxygens (including phenoxy) is 1. The molecule has 1 saturated heterocycles. The average Bonchev–Trinajstić information content (AvgIpc) is 3.12. The number of benzene rings is 1. The fourth-order valence-electron chi connectivity index (χ4n) is 4.16. The van der Waals surface area contributed by atoms with Crippen LogP contribution in [0.5, 0.6) is 5.75 Å². The average molecular weight is 481 g/mol. The highest BCUT2D eigenvalue weighted by Crippen LogP contribution is 2.27. The number of methoxy groups -OCH3 is 1. The summed E-state index contributed by atoms with van der Waals surface area (Å²) in [5.74, 6) is 1.09. The summed E-state index contributed by atoms with van der Waals surface area (Å²) < 4.78 is 33.0. The lowest BCUT2D eigenvalue weighted by Gasteiger charge is -2.34. The molecule has 1 aromatic heterocycles. The highest BCUT2D eigenvalue weighted by molar-refractivity contribution is 7.89. The van der Waals surface area contributed by atoms with Crippen LogP contribution in [0.1, 0.15) is 50.2 Å². The normalized spacial score (nSPS) is 19.8. The molecule has 0 saturated carbocycles. The fraction of sp³-hybridized carbons (Fsp3) is 0.545. The summed E-state index contributed by atoms with van der Waals surface area (Å²) in [7, 11) is -2.43. The van der Waals surface area contributed by atoms with Crippen molar-refractivity contribution in [3.8, 4) is 5.75 Å². The lowest BCUT2D eigenvalue weighted by Crippen LogP contribution is -2.38. The number of hydrogen-bond acceptors (Lipinski definition) is 7. The summed E-state index contributed by atoms with van der Waals surface area (Å²) in [6.45, 7) is 10.9. The number of carbonyl (C=O) groups is 1. The number of piperidine rings is 1. The van der Waals surface area contributed by atoms with E-state index in [0.717, 1.165) is 25.3 Å². The number of carbonyl (C=O) groups excluding carboxylic acids is 1. The molecule has 176 valence electrons. The second-order valence-electron chi connectivity index (χ2n) is 8.88. The van der Waals surface area contributed by atoms with Gasteiger partial charge in [-0.2, -0.15) is 0 Å². The molecular formula is C22H32N4O4S2. The Hall–Kier alpha value is -2.01. The first-order valence-electron chi connectivity index (χ1n) is 10.8. The summed E-state index contributed by atoms with van der Waals surface area (Å²) >= 11 is 1.36. The Labute approximate surface area is 194 Å². The van der Waals surface area contributed by atoms with E-state index in [9.17, 15) is 13.2 Å². The zero-order valence-corrected chi connectivity index (χ0v) is 20.8. The van der Waals surface area contributed by atoms with Crippen LogP contribution in [-0.2, 0) is 16.6 Å². The Balaban J connectivity index is 1.72. The summed E-state index contributed by atoms with van der Waals surface area (Å²) in [4.78, 5) is 19.7. The van der Waals surface area contributed by atoms with Crippen LogP contribution in [-0.4, -0.2) is 50.5 Å². The molecule has 0 radical (unpaired) electrons. The van der Waals surface area contributed by atoms with Gasteiger partial charge in [-0.1, -0.05) is 13.8 Å². The Bertz CT molecular complexity index is 1040. The molecule has 0 aliphatic carbocycles. The molecule has 2 N–H and O–H groups in total. The third kappa shape index (κ3) is 6.28. The van der Waals surface area contributed by atoms with Gasteiger partial charge in [0.2, 0.25) is 10.0 Å². The number of nitrogens with one attached hydrogen (secondary N) is 2. The number of aromatic nitrogens is 1. The van der Waals surface area contributed by atoms with E-state index in [0.29, 0.717) is 17.0 Å². The first kappa shape index (κ1) is 24.6. The fourth-order valence-corrected chi connectivity index (χ4v) is 6.30. The van der Waals surface area contributed by atoms with Gasteiger partial charge >= 0.3 is 0 Å². The zero-order chi connectivity index (χ0) is 23.5. The van der Waals surface area contributed by atoms with Gasteiger partial charge in [0.1, 0.15) is 10.6 Å². The van der Waals surface area contributed by atoms with Crippen molar-refractivity contribution in [2.45, 2.75) is 51.6 Å². The minimum atomic E-state index is -3.83. The maximum absolute atomic E-state index is 12.8. The Morgan fingerprint density at radius 3 is 2.59 bits per heavy atom. The second kappa shape index (κ2) is 10.3. The third-order valence-electron chi connectivity index (χ3n) is 5.21. The summed E-state index contributed by atoms with van der Waals surface area (Å²) in [5.41, 5.74) is 1.14. The van der Waals surface area contributed by atoms with Crippen LogP contribution in [0.15, 0.2) is 28.5 Å². The summed E-state index contributed by atoms with van der Waals surface area (Å²) in [5, 5.41) is 5.23. The lowest BCUT2D eigenvalue weighted by atomic mass is 9.92. The quantitative estimate of drug-likeness (QED) is 0.599. The largest absolute Gasteiger partial charge is 0.495 e. The van der Waals surface area contributed by atoms with Crippen molar-refractivity contribution in [3.05, 3.63) is 34.8 Å². The number of sulfonamides is 1. The molecule has 3 rings (SSSR count). The van der Waals surface area contributed by atoms with Crippen LogP contribution < -0.4 is 14.8 Å². The summed E-state index contributed by atoms with van der Waals surface area (Å²) in [6.07, 6.45) is 1.25. The van der Waals surface area contributed by atoms with Gasteiger partial charge in [0.15, 0.2) is 5.13 Å². The number of anilines is 1. The molecule has 0 spiro atoms. The molecule has 2 atom stereocenters. The molecule has 1 aliphatic heterocycles. The number of hydrogen-bond donors (Lipinski definition) is 2. The van der Waals surface area contributed by atoms with E-state index < -0.39 is 15.9 Å². The minimum Gasteiger partial charge on any atom is -0.495 e. The third-order valence-corrected chi connectivity index (χ3v) is 7.69. The van der Waals surface area contributed by atoms with Gasteiger partial charge in [0.05, 0.1) is 12.8 Å². The first-order valence-corrected chi connectivity index (χ1v) is 13.1. The lowest BCUT2D eigenvalue weighted by molar-refractivity contribution is 0.102. The number of amides is 1. The predicted octanol–water partition coefficient (Wildman–Crippen LogP) is 3.57. The molecular weight excluding hydrogens is 448 g/mol. The van der Waals surface area contributed by atoms with E-state index in [4.69, 9.17) is 4.74 Å². The summed E-state index contributed by atoms with van der Waals surface area (Å²) in [6, 6.07) is 4.05. The number of thiazole rings is 1. The van der Waals surface area contributed by atoms with Crippen LogP contribution in [0.2, 0.25) is 0 Å². The van der Waals surface area contributed by atoms with Gasteiger partial charge in [-0.05, 0) is 50.3 Å². The van der Waals surface area contributed by atoms with E-state index in [2.05, 4.69) is 33.8 Å². The SMILES string of the molecule is COc1ccc(C(=O)Nc2nc(CN3C[C@H](C)C[C@H](C)C3)cs2)cc1S(=O)(=O)NC(C)C. The van der Waals surface area contributed by atoms with Crippen molar-refractivity contribution in [2.75, 3.05) is 25.5 Å². The van der Waals surface area contributed by atoms with Crippen LogP contribution >= 0.6 is 11.3 Å². The maximum atomic E-state index is 12.8. The van der Waals surface area contributed by atoms with Gasteiger partial charge in [-0.3, -0.25) is 15.0 Å². The second-order valence-corrected chi connectivity index (χ2v) is 11.4. The Morgan fingerprint density at radius 2 is 1.97 bits per heavy atom. The van der Waals surface area contributed by atoms with Crippen molar-refractivity contribution >= 4 is 32.4 Å². The van der Waals surface area contributed by atoms with Gasteiger partial charge < -0.3 is 4.74 Å². The number of rotatable bonds is 8. The topological polar surface area (TPSA) is 101 Å². The van der Waals surface area contributed by atoms with Gasteiger partial charge in [-0.15, -0.1) is 11.3 Å². The van der Waals surface area contributed by atoms with Crippen LogP contribution in [0.4, 0.5) is 5.13 Å². The zero-order valence-electron chi connectivity index (χ0n) is 19.2. The predicted molar refractivity (Wildman–Crippen MR) is 127 cm³/mol. The van der Waals surface area contributed by atoms with E-state index in [1.54, 1.807) is 13.8 Å². The molecule has 10 heteroatoms. The van der Waals surface area contributed by atoms with E-state index in [1.165, 1.54) is 43.1 Å². The molecule has 8 nitrogen and oxygen atoms in total. The van der Waals surface area contributed by atoms with Gasteiger partial charge in [0, 0.05) is 36.6 Å². The molecule has 1 aromatic carbocycles. The van der Waals surface area contributed by atoms with Crippen molar-refractivity contribution in [2.24, 2.45) is 11.8 Å². The molecule has 1 fully saturated rings. The highest BCUT2D eigenvalue weighted by Gasteiger charge is 2.24. The molecule has 2 heterocycles. The first-order chi connectivity index (χ1) is 15.1. The standard InChI is InChI=1S/C22H32N4O4S2/c1-14(2)25-32(28,29)20-9-17(6-7-19(20)30-5)21(27)24-22-23-18(13-31-22)12-26-10-15(3)8-16(4)11-26/h6-7,9,13-16,25H,8,10-12H2,1-5H3,(H,23,24,27)/t15-,16+. The molecule has 1 amide bonds. The molecule has 1 aliphatic rings. The Morgan fingerprint density at radius 1 is 1.28 bits per heavy atom. The highest BCUT2D eigenvalue weighted by atomic mass is 32.2. The maximum Gasteiger partial charge on any atom is 0.257 e. The smallest absolute Gasteiger partial charge is 0.257 e. The Kier molecular flexibility index (Phi) is 7.92. The van der Waals surface area contributed by atoms with Crippen molar-refractivity contribution in [3.63, 3.8) is 0 Å². The van der Waals surface area contributed by atoms with Crippen LogP contribution in [0.3, 0.4) is 0 Å². The minimum absolute atomic E-state index is 0.0745. The van der Waals surface area contributed by atoms with Gasteiger partial charge in [0.25, 0.3) is 5.91 Å². The van der Waals surface area contributed by atoms with E-state index in [-0.39, 0.29) is 22.3 Å². The number of likely N-dealkylation sites (tertiary alicyclic amines) is 1. The van der Waals surface area contributed by atoms with Crippen LogP contribution in [0.25, 0.3) is 0 Å². The number of nitrogens with zero attached hydrogens (tertiary/aromatic N) is 2. The molecule has 0 bridgehead atoms. The van der Waals surface area contributed by atoms with E-state index >= 15 is 0 Å². The van der Waals surface area contributed by atoms with Crippen molar-refractivity contribution in [1.82, 2.24) is 14.6 Å². The van der Waals surface area contributed by atoms with Gasteiger partial charge in [-0.25, -0.2) is 18.1 Å². The monoisotopic (exact) mass is 480 g/mol. The molecule has 0 unspecified atom stereocenters. The van der Waals surface area contributed by atoms with Crippen LogP contribution in [0, 0.1) is 11.8 Å². The van der Waals surface area contributed by atoms with E-state index in [1.807, 2.05) is 5.38 Å². The van der Waals surface area contributed by atoms with Crippen molar-refractivity contribution in [1.29, 1.82) is 0 Å².